The number of aryl methyl sites for hydroxylation is 1. The maximum Gasteiger partial charge on any atom is 0.224 e. The highest BCUT2D eigenvalue weighted by Gasteiger charge is 2.07. The zero-order valence-electron chi connectivity index (χ0n) is 13.3. The topological polar surface area (TPSA) is 47.6 Å². The van der Waals surface area contributed by atoms with E-state index in [1.165, 1.54) is 5.56 Å². The summed E-state index contributed by atoms with van der Waals surface area (Å²) < 4.78 is 10.4. The van der Waals surface area contributed by atoms with E-state index in [9.17, 15) is 4.79 Å². The van der Waals surface area contributed by atoms with Crippen molar-refractivity contribution in [1.82, 2.24) is 0 Å². The van der Waals surface area contributed by atoms with Gasteiger partial charge < -0.3 is 14.8 Å². The monoisotopic (exact) mass is 333 g/mol. The molecule has 0 saturated heterocycles. The van der Waals surface area contributed by atoms with Gasteiger partial charge >= 0.3 is 0 Å². The van der Waals surface area contributed by atoms with Crippen LogP contribution in [0.3, 0.4) is 0 Å². The maximum atomic E-state index is 12.0. The van der Waals surface area contributed by atoms with Crippen molar-refractivity contribution in [3.05, 3.63) is 53.1 Å². The Labute approximate surface area is 141 Å². The van der Waals surface area contributed by atoms with E-state index in [2.05, 4.69) is 5.32 Å². The third-order valence-electron chi connectivity index (χ3n) is 3.45. The lowest BCUT2D eigenvalue weighted by Crippen LogP contribution is -2.11. The fourth-order valence-electron chi connectivity index (χ4n) is 2.24. The molecule has 1 N–H and O–H groups in total. The third kappa shape index (κ3) is 5.18. The number of methoxy groups -OCH3 is 2. The van der Waals surface area contributed by atoms with E-state index in [0.717, 1.165) is 17.9 Å². The number of nitrogens with one attached hydrogen (secondary N) is 1. The average Bonchev–Trinajstić information content (AvgIpc) is 2.56. The first kappa shape index (κ1) is 17.2. The Balaban J connectivity index is 1.83. The van der Waals surface area contributed by atoms with Gasteiger partial charge in [0.1, 0.15) is 0 Å². The van der Waals surface area contributed by atoms with E-state index in [-0.39, 0.29) is 5.91 Å². The van der Waals surface area contributed by atoms with Crippen molar-refractivity contribution in [3.63, 3.8) is 0 Å². The van der Waals surface area contributed by atoms with Gasteiger partial charge in [0.05, 0.1) is 14.2 Å². The Morgan fingerprint density at radius 3 is 2.39 bits per heavy atom. The van der Waals surface area contributed by atoms with Crippen molar-refractivity contribution >= 4 is 23.2 Å². The average molecular weight is 334 g/mol. The fraction of sp³-hybridized carbons (Fsp3) is 0.278. The number of halogens is 1. The number of anilines is 1. The second-order valence-electron chi connectivity index (χ2n) is 5.10. The number of carbonyl (C=O) groups excluding carboxylic acids is 1. The van der Waals surface area contributed by atoms with Crippen molar-refractivity contribution in [2.45, 2.75) is 19.3 Å². The van der Waals surface area contributed by atoms with Crippen LogP contribution < -0.4 is 14.8 Å². The van der Waals surface area contributed by atoms with Gasteiger partial charge in [-0.05, 0) is 42.7 Å². The Morgan fingerprint density at radius 2 is 1.74 bits per heavy atom. The van der Waals surface area contributed by atoms with Crippen molar-refractivity contribution in [2.24, 2.45) is 0 Å². The molecule has 0 aliphatic rings. The lowest BCUT2D eigenvalue weighted by molar-refractivity contribution is -0.116. The normalized spacial score (nSPS) is 10.2. The molecule has 2 aromatic rings. The highest BCUT2D eigenvalue weighted by atomic mass is 35.5. The molecule has 0 atom stereocenters. The van der Waals surface area contributed by atoms with Gasteiger partial charge in [-0.25, -0.2) is 0 Å². The van der Waals surface area contributed by atoms with Crippen molar-refractivity contribution in [1.29, 1.82) is 0 Å². The highest BCUT2D eigenvalue weighted by molar-refractivity contribution is 6.30. The molecule has 0 aliphatic carbocycles. The minimum Gasteiger partial charge on any atom is -0.493 e. The van der Waals surface area contributed by atoms with Crippen molar-refractivity contribution in [3.8, 4) is 11.5 Å². The first-order valence-electron chi connectivity index (χ1n) is 7.38. The van der Waals surface area contributed by atoms with E-state index in [0.29, 0.717) is 23.6 Å². The van der Waals surface area contributed by atoms with Gasteiger partial charge in [-0.3, -0.25) is 4.79 Å². The van der Waals surface area contributed by atoms with Crippen LogP contribution in [-0.4, -0.2) is 20.1 Å². The second kappa shape index (κ2) is 8.44. The van der Waals surface area contributed by atoms with E-state index >= 15 is 0 Å². The molecule has 1 amide bonds. The standard InChI is InChI=1S/C18H20ClNO3/c1-22-16-11-10-15(12-17(16)23-2)20-18(21)5-3-4-13-6-8-14(19)9-7-13/h6-12H,3-5H2,1-2H3,(H,20,21). The molecule has 0 unspecified atom stereocenters. The van der Waals surface area contributed by atoms with Crippen LogP contribution in [0.1, 0.15) is 18.4 Å². The molecule has 0 heterocycles. The smallest absolute Gasteiger partial charge is 0.224 e. The van der Waals surface area contributed by atoms with Gasteiger partial charge in [-0.1, -0.05) is 23.7 Å². The van der Waals surface area contributed by atoms with Crippen LogP contribution in [-0.2, 0) is 11.2 Å². The summed E-state index contributed by atoms with van der Waals surface area (Å²) in [6.07, 6.45) is 2.08. The second-order valence-corrected chi connectivity index (χ2v) is 5.53. The minimum absolute atomic E-state index is 0.0221. The Hall–Kier alpha value is -2.20. The molecule has 4 nitrogen and oxygen atoms in total. The van der Waals surface area contributed by atoms with Crippen LogP contribution >= 0.6 is 11.6 Å². The maximum absolute atomic E-state index is 12.0. The molecule has 0 spiro atoms. The molecule has 0 aromatic heterocycles. The molecule has 0 fully saturated rings. The van der Waals surface area contributed by atoms with Crippen LogP contribution in [0.5, 0.6) is 11.5 Å². The van der Waals surface area contributed by atoms with Crippen LogP contribution in [0.15, 0.2) is 42.5 Å². The summed E-state index contributed by atoms with van der Waals surface area (Å²) in [6.45, 7) is 0. The lowest BCUT2D eigenvalue weighted by Gasteiger charge is -2.10. The summed E-state index contributed by atoms with van der Waals surface area (Å²) in [7, 11) is 3.14. The SMILES string of the molecule is COc1ccc(NC(=O)CCCc2ccc(Cl)cc2)cc1OC. The highest BCUT2D eigenvalue weighted by Crippen LogP contribution is 2.29. The molecule has 23 heavy (non-hydrogen) atoms. The summed E-state index contributed by atoms with van der Waals surface area (Å²) in [5.41, 5.74) is 1.87. The van der Waals surface area contributed by atoms with Gasteiger partial charge in [0.2, 0.25) is 5.91 Å². The van der Waals surface area contributed by atoms with Crippen molar-refractivity contribution < 1.29 is 14.3 Å². The molecule has 0 bridgehead atoms. The molecule has 122 valence electrons. The quantitative estimate of drug-likeness (QED) is 0.821. The Kier molecular flexibility index (Phi) is 6.29. The van der Waals surface area contributed by atoms with Gasteiger partial charge in [-0.15, -0.1) is 0 Å². The molecule has 0 saturated carbocycles. The first-order chi connectivity index (χ1) is 11.1. The van der Waals surface area contributed by atoms with E-state index < -0.39 is 0 Å². The van der Waals surface area contributed by atoms with Crippen LogP contribution in [0, 0.1) is 0 Å². The lowest BCUT2D eigenvalue weighted by atomic mass is 10.1. The van der Waals surface area contributed by atoms with Crippen molar-refractivity contribution in [2.75, 3.05) is 19.5 Å². The van der Waals surface area contributed by atoms with Gasteiger partial charge in [-0.2, -0.15) is 0 Å². The van der Waals surface area contributed by atoms with Gasteiger partial charge in [0.15, 0.2) is 11.5 Å². The van der Waals surface area contributed by atoms with Gasteiger partial charge in [0.25, 0.3) is 0 Å². The molecular formula is C18H20ClNO3. The number of amides is 1. The Bertz CT molecular complexity index is 656. The minimum atomic E-state index is -0.0221. The summed E-state index contributed by atoms with van der Waals surface area (Å²) in [6, 6.07) is 13.0. The molecule has 2 aromatic carbocycles. The molecule has 0 aliphatic heterocycles. The number of rotatable bonds is 7. The van der Waals surface area contributed by atoms with Crippen LogP contribution in [0.4, 0.5) is 5.69 Å². The third-order valence-corrected chi connectivity index (χ3v) is 3.70. The molecule has 0 radical (unpaired) electrons. The number of ether oxygens (including phenoxy) is 2. The number of hydrogen-bond donors (Lipinski definition) is 1. The fourth-order valence-corrected chi connectivity index (χ4v) is 2.37. The summed E-state index contributed by atoms with van der Waals surface area (Å²) >= 11 is 5.85. The zero-order valence-corrected chi connectivity index (χ0v) is 14.0. The van der Waals surface area contributed by atoms with Gasteiger partial charge in [0, 0.05) is 23.2 Å². The predicted octanol–water partition coefficient (Wildman–Crippen LogP) is 4.32. The summed E-state index contributed by atoms with van der Waals surface area (Å²) in [4.78, 5) is 12.0. The molecule has 2 rings (SSSR count). The van der Waals surface area contributed by atoms with E-state index in [4.69, 9.17) is 21.1 Å². The molecule has 5 heteroatoms. The largest absolute Gasteiger partial charge is 0.493 e. The number of hydrogen-bond acceptors (Lipinski definition) is 3. The predicted molar refractivity (Wildman–Crippen MR) is 92.6 cm³/mol. The van der Waals surface area contributed by atoms with Crippen LogP contribution in [0.2, 0.25) is 5.02 Å². The zero-order chi connectivity index (χ0) is 16.7. The van der Waals surface area contributed by atoms with E-state index in [1.54, 1.807) is 32.4 Å². The number of carbonyl (C=O) groups is 1. The molecular weight excluding hydrogens is 314 g/mol. The number of benzene rings is 2. The first-order valence-corrected chi connectivity index (χ1v) is 7.76. The summed E-state index contributed by atoms with van der Waals surface area (Å²) in [5.74, 6) is 1.20. The Morgan fingerprint density at radius 1 is 1.04 bits per heavy atom. The van der Waals surface area contributed by atoms with Crippen LogP contribution in [0.25, 0.3) is 0 Å². The van der Waals surface area contributed by atoms with E-state index in [1.807, 2.05) is 24.3 Å². The summed E-state index contributed by atoms with van der Waals surface area (Å²) in [5, 5.41) is 3.59.